The van der Waals surface area contributed by atoms with Crippen LogP contribution in [-0.4, -0.2) is 37.2 Å². The predicted molar refractivity (Wildman–Crippen MR) is 238 cm³/mol. The van der Waals surface area contributed by atoms with Crippen LogP contribution in [0.1, 0.15) is 278 Å². The molecule has 0 rings (SSSR count). The molecule has 0 aromatic heterocycles. The molecule has 0 amide bonds. The van der Waals surface area contributed by atoms with Gasteiger partial charge >= 0.3 is 17.9 Å². The van der Waals surface area contributed by atoms with E-state index in [1.165, 1.54) is 173 Å². The third-order valence-corrected chi connectivity index (χ3v) is 11.3. The highest BCUT2D eigenvalue weighted by molar-refractivity contribution is 5.71. The Morgan fingerprint density at radius 2 is 0.589 bits per heavy atom. The molecule has 0 aromatic rings. The first-order chi connectivity index (χ1) is 27.4. The highest BCUT2D eigenvalue weighted by atomic mass is 16.6. The molecule has 6 nitrogen and oxygen atoms in total. The second-order valence-electron chi connectivity index (χ2n) is 17.6. The van der Waals surface area contributed by atoms with E-state index < -0.39 is 6.10 Å². The van der Waals surface area contributed by atoms with Gasteiger partial charge in [-0.2, -0.15) is 0 Å². The minimum atomic E-state index is -0.759. The lowest BCUT2D eigenvalue weighted by atomic mass is 10.0. The molecule has 0 radical (unpaired) electrons. The number of ether oxygens (including phenoxy) is 3. The normalized spacial score (nSPS) is 11.9. The second kappa shape index (κ2) is 44.5. The summed E-state index contributed by atoms with van der Waals surface area (Å²) in [7, 11) is 0. The molecule has 6 heteroatoms. The summed E-state index contributed by atoms with van der Waals surface area (Å²) in [4.78, 5) is 37.7. The zero-order valence-corrected chi connectivity index (χ0v) is 38.1. The van der Waals surface area contributed by atoms with Crippen LogP contribution in [0.15, 0.2) is 0 Å². The molecule has 0 aromatic carbocycles. The van der Waals surface area contributed by atoms with Crippen LogP contribution in [0.5, 0.6) is 0 Å². The Balaban J connectivity index is 4.20. The van der Waals surface area contributed by atoms with Gasteiger partial charge in [0.25, 0.3) is 0 Å². The lowest BCUT2D eigenvalue weighted by Gasteiger charge is -2.18. The second-order valence-corrected chi connectivity index (χ2v) is 17.6. The van der Waals surface area contributed by atoms with Crippen molar-refractivity contribution in [3.8, 4) is 0 Å². The summed E-state index contributed by atoms with van der Waals surface area (Å²) in [6, 6.07) is 0. The number of hydrogen-bond donors (Lipinski definition) is 0. The Labute approximate surface area is 348 Å². The van der Waals surface area contributed by atoms with Crippen LogP contribution in [0.25, 0.3) is 0 Å². The largest absolute Gasteiger partial charge is 0.462 e. The summed E-state index contributed by atoms with van der Waals surface area (Å²) in [6.07, 6.45) is 45.3. The molecule has 332 valence electrons. The van der Waals surface area contributed by atoms with E-state index in [-0.39, 0.29) is 31.1 Å². The molecule has 0 fully saturated rings. The number of rotatable bonds is 45. The van der Waals surface area contributed by atoms with E-state index in [1.807, 2.05) is 0 Å². The van der Waals surface area contributed by atoms with Crippen molar-refractivity contribution < 1.29 is 28.6 Å². The molecular formula is C50H96O6. The lowest BCUT2D eigenvalue weighted by Crippen LogP contribution is -2.30. The summed E-state index contributed by atoms with van der Waals surface area (Å²) < 4.78 is 16.7. The quantitative estimate of drug-likeness (QED) is 0.0347. The van der Waals surface area contributed by atoms with E-state index in [1.54, 1.807) is 0 Å². The number of esters is 3. The topological polar surface area (TPSA) is 78.9 Å². The van der Waals surface area contributed by atoms with Gasteiger partial charge in [0.2, 0.25) is 0 Å². The molecule has 0 heterocycles. The molecule has 0 saturated heterocycles. The van der Waals surface area contributed by atoms with Crippen molar-refractivity contribution in [2.45, 2.75) is 284 Å². The molecule has 0 aliphatic rings. The third kappa shape index (κ3) is 43.5. The molecule has 0 bridgehead atoms. The fraction of sp³-hybridized carbons (Fsp3) is 0.940. The van der Waals surface area contributed by atoms with Crippen molar-refractivity contribution in [2.75, 3.05) is 13.2 Å². The summed E-state index contributed by atoms with van der Waals surface area (Å²) in [5.41, 5.74) is 0. The maximum Gasteiger partial charge on any atom is 0.306 e. The Morgan fingerprint density at radius 3 is 0.875 bits per heavy atom. The average molecular weight is 793 g/mol. The van der Waals surface area contributed by atoms with Gasteiger partial charge in [-0.3, -0.25) is 14.4 Å². The summed E-state index contributed by atoms with van der Waals surface area (Å²) in [5.74, 6) is -0.00860. The van der Waals surface area contributed by atoms with Crippen molar-refractivity contribution in [3.63, 3.8) is 0 Å². The third-order valence-electron chi connectivity index (χ3n) is 11.3. The van der Waals surface area contributed by atoms with Crippen molar-refractivity contribution in [1.82, 2.24) is 0 Å². The van der Waals surface area contributed by atoms with Crippen LogP contribution in [0.2, 0.25) is 0 Å². The minimum absolute atomic E-state index is 0.0633. The van der Waals surface area contributed by atoms with Gasteiger partial charge in [-0.15, -0.1) is 0 Å². The molecule has 0 N–H and O–H groups in total. The Bertz CT molecular complexity index is 841. The molecular weight excluding hydrogens is 697 g/mol. The van der Waals surface area contributed by atoms with Gasteiger partial charge in [0.15, 0.2) is 6.10 Å². The summed E-state index contributed by atoms with van der Waals surface area (Å²) in [6.45, 7) is 8.99. The van der Waals surface area contributed by atoms with Crippen LogP contribution < -0.4 is 0 Å². The van der Waals surface area contributed by atoms with E-state index >= 15 is 0 Å². The number of carbonyl (C=O) groups is 3. The van der Waals surface area contributed by atoms with E-state index in [0.29, 0.717) is 19.3 Å². The fourth-order valence-electron chi connectivity index (χ4n) is 7.51. The van der Waals surface area contributed by atoms with Gasteiger partial charge in [0, 0.05) is 19.3 Å². The van der Waals surface area contributed by atoms with Crippen molar-refractivity contribution in [2.24, 2.45) is 5.92 Å². The average Bonchev–Trinajstić information content (AvgIpc) is 3.18. The Morgan fingerprint density at radius 1 is 0.339 bits per heavy atom. The van der Waals surface area contributed by atoms with E-state index in [4.69, 9.17) is 14.2 Å². The summed E-state index contributed by atoms with van der Waals surface area (Å²) >= 11 is 0. The molecule has 0 spiro atoms. The van der Waals surface area contributed by atoms with E-state index in [9.17, 15) is 14.4 Å². The molecule has 0 unspecified atom stereocenters. The molecule has 56 heavy (non-hydrogen) atoms. The van der Waals surface area contributed by atoms with E-state index in [2.05, 4.69) is 27.7 Å². The zero-order chi connectivity index (χ0) is 41.0. The van der Waals surface area contributed by atoms with Crippen LogP contribution in [-0.2, 0) is 28.6 Å². The first-order valence-corrected chi connectivity index (χ1v) is 24.9. The number of hydrogen-bond acceptors (Lipinski definition) is 6. The first-order valence-electron chi connectivity index (χ1n) is 24.9. The Hall–Kier alpha value is -1.59. The fourth-order valence-corrected chi connectivity index (χ4v) is 7.51. The minimum Gasteiger partial charge on any atom is -0.462 e. The van der Waals surface area contributed by atoms with Crippen molar-refractivity contribution >= 4 is 17.9 Å². The predicted octanol–water partition coefficient (Wildman–Crippen LogP) is 15.9. The van der Waals surface area contributed by atoms with E-state index in [0.717, 1.165) is 63.7 Å². The maximum atomic E-state index is 12.7. The van der Waals surface area contributed by atoms with Gasteiger partial charge in [0.1, 0.15) is 13.2 Å². The van der Waals surface area contributed by atoms with Crippen LogP contribution in [0.4, 0.5) is 0 Å². The molecule has 0 saturated carbocycles. The van der Waals surface area contributed by atoms with Crippen molar-refractivity contribution in [3.05, 3.63) is 0 Å². The molecule has 1 atom stereocenters. The van der Waals surface area contributed by atoms with Gasteiger partial charge in [-0.25, -0.2) is 0 Å². The first kappa shape index (κ1) is 54.4. The monoisotopic (exact) mass is 793 g/mol. The Kier molecular flexibility index (Phi) is 43.2. The van der Waals surface area contributed by atoms with Gasteiger partial charge in [0.05, 0.1) is 0 Å². The van der Waals surface area contributed by atoms with Crippen LogP contribution in [0.3, 0.4) is 0 Å². The molecule has 0 aliphatic heterocycles. The zero-order valence-electron chi connectivity index (χ0n) is 38.1. The van der Waals surface area contributed by atoms with Gasteiger partial charge in [-0.1, -0.05) is 240 Å². The van der Waals surface area contributed by atoms with Gasteiger partial charge in [-0.05, 0) is 25.2 Å². The van der Waals surface area contributed by atoms with Crippen molar-refractivity contribution in [1.29, 1.82) is 0 Å². The lowest BCUT2D eigenvalue weighted by molar-refractivity contribution is -0.167. The smallest absolute Gasteiger partial charge is 0.306 e. The number of carbonyl (C=O) groups excluding carboxylic acids is 3. The highest BCUT2D eigenvalue weighted by Crippen LogP contribution is 2.17. The SMILES string of the molecule is CCCCCCCCCCCCCCCCC(=O)O[C@H](COC(=O)CCCCCCCCC)COC(=O)CCCCCCCCCCCCCCCCC(C)C. The molecule has 0 aliphatic carbocycles. The number of unbranched alkanes of at least 4 members (excludes halogenated alkanes) is 32. The van der Waals surface area contributed by atoms with Gasteiger partial charge < -0.3 is 14.2 Å². The standard InChI is InChI=1S/C50H96O6/c1-5-7-9-11-13-14-15-16-20-24-27-31-35-39-43-50(53)56-47(44-54-48(51)41-37-33-28-12-10-8-6-2)45-55-49(52)42-38-34-30-26-23-21-18-17-19-22-25-29-32-36-40-46(3)4/h46-47H,5-45H2,1-4H3/t47-/m1/s1. The van der Waals surface area contributed by atoms with Crippen LogP contribution >= 0.6 is 0 Å². The summed E-state index contributed by atoms with van der Waals surface area (Å²) in [5, 5.41) is 0. The highest BCUT2D eigenvalue weighted by Gasteiger charge is 2.19. The van der Waals surface area contributed by atoms with Crippen LogP contribution in [0, 0.1) is 5.92 Å². The maximum absolute atomic E-state index is 12.7.